The highest BCUT2D eigenvalue weighted by atomic mass is 16.4. The van der Waals surface area contributed by atoms with Crippen LogP contribution in [0.3, 0.4) is 0 Å². The Morgan fingerprint density at radius 1 is 0.889 bits per heavy atom. The van der Waals surface area contributed by atoms with E-state index < -0.39 is 48.3 Å². The van der Waals surface area contributed by atoms with Gasteiger partial charge < -0.3 is 36.7 Å². The first kappa shape index (κ1) is 26.2. The third kappa shape index (κ3) is 7.06. The number of aromatic amines is 1. The van der Waals surface area contributed by atoms with Crippen LogP contribution in [-0.2, 0) is 32.0 Å². The van der Waals surface area contributed by atoms with Gasteiger partial charge in [0.25, 0.3) is 0 Å². The van der Waals surface area contributed by atoms with Crippen molar-refractivity contribution in [1.29, 1.82) is 0 Å². The van der Waals surface area contributed by atoms with E-state index in [1.54, 1.807) is 6.20 Å². The highest BCUT2D eigenvalue weighted by Crippen LogP contribution is 2.19. The summed E-state index contributed by atoms with van der Waals surface area (Å²) in [7, 11) is 0. The van der Waals surface area contributed by atoms with Crippen molar-refractivity contribution >= 4 is 34.7 Å². The normalized spacial score (nSPS) is 13.5. The predicted octanol–water partition coefficient (Wildman–Crippen LogP) is 0.905. The second-order valence-corrected chi connectivity index (χ2v) is 8.43. The number of benzene rings is 2. The number of hydrogen-bond donors (Lipinski definition) is 7. The summed E-state index contributed by atoms with van der Waals surface area (Å²) in [5.41, 5.74) is 8.31. The summed E-state index contributed by atoms with van der Waals surface area (Å²) in [4.78, 5) is 51.6. The number of phenols is 1. The van der Waals surface area contributed by atoms with Crippen LogP contribution in [0.5, 0.6) is 5.75 Å². The summed E-state index contributed by atoms with van der Waals surface area (Å²) < 4.78 is 0. The number of nitrogens with one attached hydrogen (secondary N) is 3. The van der Waals surface area contributed by atoms with E-state index in [0.717, 1.165) is 16.5 Å². The van der Waals surface area contributed by atoms with Crippen molar-refractivity contribution in [3.63, 3.8) is 0 Å². The average molecular weight is 497 g/mol. The molecular weight excluding hydrogens is 468 g/mol. The van der Waals surface area contributed by atoms with Gasteiger partial charge in [0.05, 0.1) is 6.04 Å². The monoisotopic (exact) mass is 496 g/mol. The van der Waals surface area contributed by atoms with E-state index >= 15 is 0 Å². The van der Waals surface area contributed by atoms with Crippen LogP contribution < -0.4 is 16.4 Å². The van der Waals surface area contributed by atoms with Gasteiger partial charge in [0.1, 0.15) is 17.8 Å². The number of fused-ring (bicyclic) bond motifs is 1. The summed E-state index contributed by atoms with van der Waals surface area (Å²) in [5, 5.41) is 33.8. The maximum Gasteiger partial charge on any atom is 0.326 e. The third-order valence-corrected chi connectivity index (χ3v) is 5.72. The fourth-order valence-electron chi connectivity index (χ4n) is 3.79. The molecule has 0 aliphatic heterocycles. The SMILES string of the molecule is NC(Cc1c[nH]c2ccccc12)C(=O)NC(CCC(=O)O)C(=O)NC(Cc1ccc(O)cc1)C(=O)O. The predicted molar refractivity (Wildman–Crippen MR) is 130 cm³/mol. The van der Waals surface area contributed by atoms with Crippen molar-refractivity contribution in [1.82, 2.24) is 15.6 Å². The number of rotatable bonds is 12. The number of aliphatic carboxylic acids is 2. The van der Waals surface area contributed by atoms with E-state index in [1.165, 1.54) is 24.3 Å². The van der Waals surface area contributed by atoms with Crippen molar-refractivity contribution in [3.05, 3.63) is 65.9 Å². The topological polar surface area (TPSA) is 195 Å². The number of H-pyrrole nitrogens is 1. The Balaban J connectivity index is 1.68. The molecule has 8 N–H and O–H groups in total. The number of phenolic OH excluding ortho intramolecular Hbond substituents is 1. The number of hydrogen-bond acceptors (Lipinski definition) is 6. The van der Waals surface area contributed by atoms with Crippen molar-refractivity contribution in [3.8, 4) is 5.75 Å². The number of aromatic nitrogens is 1. The van der Waals surface area contributed by atoms with Gasteiger partial charge in [-0.3, -0.25) is 14.4 Å². The molecule has 0 saturated heterocycles. The highest BCUT2D eigenvalue weighted by molar-refractivity contribution is 5.92. The molecule has 3 rings (SSSR count). The molecule has 0 bridgehead atoms. The van der Waals surface area contributed by atoms with Gasteiger partial charge >= 0.3 is 11.9 Å². The first-order chi connectivity index (χ1) is 17.1. The van der Waals surface area contributed by atoms with E-state index in [-0.39, 0.29) is 25.0 Å². The molecule has 11 nitrogen and oxygen atoms in total. The number of aromatic hydroxyl groups is 1. The zero-order valence-corrected chi connectivity index (χ0v) is 19.3. The summed E-state index contributed by atoms with van der Waals surface area (Å²) in [5.74, 6) is -3.99. The lowest BCUT2D eigenvalue weighted by molar-refractivity contribution is -0.143. The summed E-state index contributed by atoms with van der Waals surface area (Å²) >= 11 is 0. The zero-order chi connectivity index (χ0) is 26.2. The maximum atomic E-state index is 12.9. The molecule has 0 fully saturated rings. The smallest absolute Gasteiger partial charge is 0.326 e. The molecule has 11 heteroatoms. The molecule has 2 amide bonds. The van der Waals surface area contributed by atoms with Crippen LogP contribution in [0.25, 0.3) is 10.9 Å². The van der Waals surface area contributed by atoms with Crippen LogP contribution in [0.15, 0.2) is 54.7 Å². The molecule has 3 aromatic rings. The highest BCUT2D eigenvalue weighted by Gasteiger charge is 2.29. The van der Waals surface area contributed by atoms with E-state index in [0.29, 0.717) is 5.56 Å². The van der Waals surface area contributed by atoms with Crippen LogP contribution in [0, 0.1) is 0 Å². The van der Waals surface area contributed by atoms with Crippen LogP contribution in [-0.4, -0.2) is 62.2 Å². The molecule has 0 radical (unpaired) electrons. The average Bonchev–Trinajstić information content (AvgIpc) is 3.24. The molecular formula is C25H28N4O7. The Kier molecular flexibility index (Phi) is 8.63. The molecule has 0 saturated carbocycles. The van der Waals surface area contributed by atoms with Crippen LogP contribution >= 0.6 is 0 Å². The van der Waals surface area contributed by atoms with E-state index in [2.05, 4.69) is 15.6 Å². The number of nitrogens with two attached hydrogens (primary N) is 1. The van der Waals surface area contributed by atoms with E-state index in [1.807, 2.05) is 24.3 Å². The van der Waals surface area contributed by atoms with Gasteiger partial charge in [-0.15, -0.1) is 0 Å². The Labute approximate surface area is 206 Å². The van der Waals surface area contributed by atoms with Crippen molar-refractivity contribution in [2.24, 2.45) is 5.73 Å². The van der Waals surface area contributed by atoms with Crippen molar-refractivity contribution in [2.75, 3.05) is 0 Å². The standard InChI is InChI=1S/C25H28N4O7/c26-18(12-15-13-27-19-4-2-1-3-17(15)19)23(33)28-20(9-10-22(31)32)24(34)29-21(25(35)36)11-14-5-7-16(30)8-6-14/h1-8,13,18,20-21,27,30H,9-12,26H2,(H,28,33)(H,29,34)(H,31,32)(H,35,36). The number of para-hydroxylation sites is 1. The Hall–Kier alpha value is -4.38. The summed E-state index contributed by atoms with van der Waals surface area (Å²) in [6.07, 6.45) is 1.15. The second-order valence-electron chi connectivity index (χ2n) is 8.43. The minimum absolute atomic E-state index is 0.00934. The lowest BCUT2D eigenvalue weighted by atomic mass is 10.0. The molecule has 1 aromatic heterocycles. The molecule has 0 aliphatic carbocycles. The Morgan fingerprint density at radius 2 is 1.56 bits per heavy atom. The fourth-order valence-corrected chi connectivity index (χ4v) is 3.79. The van der Waals surface area contributed by atoms with E-state index in [9.17, 15) is 29.4 Å². The quantitative estimate of drug-likeness (QED) is 0.192. The maximum absolute atomic E-state index is 12.9. The van der Waals surface area contributed by atoms with Gasteiger partial charge in [0.2, 0.25) is 11.8 Å². The Morgan fingerprint density at radius 3 is 2.22 bits per heavy atom. The molecule has 3 unspecified atom stereocenters. The number of carbonyl (C=O) groups excluding carboxylic acids is 2. The van der Waals surface area contributed by atoms with Gasteiger partial charge in [-0.2, -0.15) is 0 Å². The zero-order valence-electron chi connectivity index (χ0n) is 19.3. The molecule has 0 spiro atoms. The summed E-state index contributed by atoms with van der Waals surface area (Å²) in [6, 6.07) is 9.63. The van der Waals surface area contributed by atoms with Gasteiger partial charge in [0.15, 0.2) is 0 Å². The molecule has 1 heterocycles. The van der Waals surface area contributed by atoms with Gasteiger partial charge in [-0.25, -0.2) is 4.79 Å². The molecule has 190 valence electrons. The molecule has 3 atom stereocenters. The Bertz CT molecular complexity index is 1240. The van der Waals surface area contributed by atoms with Gasteiger partial charge in [-0.05, 0) is 42.2 Å². The van der Waals surface area contributed by atoms with Gasteiger partial charge in [-0.1, -0.05) is 30.3 Å². The molecule has 0 aliphatic rings. The first-order valence-corrected chi connectivity index (χ1v) is 11.3. The number of carbonyl (C=O) groups is 4. The lowest BCUT2D eigenvalue weighted by Gasteiger charge is -2.22. The summed E-state index contributed by atoms with van der Waals surface area (Å²) in [6.45, 7) is 0. The lowest BCUT2D eigenvalue weighted by Crippen LogP contribution is -2.55. The molecule has 2 aromatic carbocycles. The van der Waals surface area contributed by atoms with E-state index in [4.69, 9.17) is 10.8 Å². The minimum atomic E-state index is -1.34. The first-order valence-electron chi connectivity index (χ1n) is 11.3. The number of amides is 2. The van der Waals surface area contributed by atoms with Crippen molar-refractivity contribution in [2.45, 2.75) is 43.8 Å². The number of carboxylic acid groups (broad SMARTS) is 2. The van der Waals surface area contributed by atoms with Crippen molar-refractivity contribution < 1.29 is 34.5 Å². The van der Waals surface area contributed by atoms with Crippen LogP contribution in [0.1, 0.15) is 24.0 Å². The third-order valence-electron chi connectivity index (χ3n) is 5.72. The van der Waals surface area contributed by atoms with Crippen LogP contribution in [0.4, 0.5) is 0 Å². The fraction of sp³-hybridized carbons (Fsp3) is 0.280. The molecule has 36 heavy (non-hydrogen) atoms. The van der Waals surface area contributed by atoms with Crippen LogP contribution in [0.2, 0.25) is 0 Å². The number of carboxylic acids is 2. The second kappa shape index (κ2) is 11.8. The van der Waals surface area contributed by atoms with Gasteiger partial charge in [0, 0.05) is 29.9 Å². The minimum Gasteiger partial charge on any atom is -0.508 e. The largest absolute Gasteiger partial charge is 0.508 e.